The summed E-state index contributed by atoms with van der Waals surface area (Å²) in [6.07, 6.45) is 0. The second-order valence-corrected chi connectivity index (χ2v) is 4.21. The first-order valence-corrected chi connectivity index (χ1v) is 5.84. The number of hydrogen-bond acceptors (Lipinski definition) is 4. The van der Waals surface area contributed by atoms with Gasteiger partial charge in [-0.05, 0) is 32.0 Å². The van der Waals surface area contributed by atoms with E-state index in [1.54, 1.807) is 26.0 Å². The maximum atomic E-state index is 13.5. The average Bonchev–Trinajstić information content (AvgIpc) is 2.41. The van der Waals surface area contributed by atoms with E-state index >= 15 is 0 Å². The highest BCUT2D eigenvalue weighted by atomic mass is 19.1. The van der Waals surface area contributed by atoms with Crippen molar-refractivity contribution in [3.05, 3.63) is 52.6 Å². The number of halogens is 1. The van der Waals surface area contributed by atoms with Gasteiger partial charge in [0.1, 0.15) is 17.4 Å². The van der Waals surface area contributed by atoms with Gasteiger partial charge in [-0.1, -0.05) is 6.07 Å². The zero-order valence-electron chi connectivity index (χ0n) is 10.9. The van der Waals surface area contributed by atoms with E-state index in [1.165, 1.54) is 12.1 Å². The molecule has 6 heteroatoms. The monoisotopic (exact) mass is 270 g/mol. The first kappa shape index (κ1) is 13.6. The molecule has 2 rings (SSSR count). The molecule has 5 nitrogen and oxygen atoms in total. The SMILES string of the molecule is Cc1cc(C(=O)Nc2cccc(F)c2C#N)c(C)nn1. The standard InChI is InChI=1S/C14H11FN4O/c1-8-6-10(9(2)19-18-8)14(20)17-13-5-3-4-12(15)11(13)7-16/h3-6H,1-2H3,(H,17,20). The van der Waals surface area contributed by atoms with Gasteiger partial charge in [-0.2, -0.15) is 15.5 Å². The summed E-state index contributed by atoms with van der Waals surface area (Å²) < 4.78 is 13.5. The van der Waals surface area contributed by atoms with Gasteiger partial charge >= 0.3 is 0 Å². The van der Waals surface area contributed by atoms with E-state index in [-0.39, 0.29) is 11.3 Å². The second-order valence-electron chi connectivity index (χ2n) is 4.21. The van der Waals surface area contributed by atoms with Gasteiger partial charge in [0, 0.05) is 0 Å². The van der Waals surface area contributed by atoms with Crippen LogP contribution in [-0.4, -0.2) is 16.1 Å². The molecule has 100 valence electrons. The fourth-order valence-electron chi connectivity index (χ4n) is 1.71. The zero-order chi connectivity index (χ0) is 14.7. The highest BCUT2D eigenvalue weighted by molar-refractivity contribution is 6.05. The van der Waals surface area contributed by atoms with Crippen LogP contribution < -0.4 is 5.32 Å². The number of hydrogen-bond donors (Lipinski definition) is 1. The number of aryl methyl sites for hydroxylation is 2. The van der Waals surface area contributed by atoms with Crippen molar-refractivity contribution in [1.29, 1.82) is 5.26 Å². The highest BCUT2D eigenvalue weighted by Crippen LogP contribution is 2.19. The Balaban J connectivity index is 2.36. The number of rotatable bonds is 2. The Morgan fingerprint density at radius 1 is 1.35 bits per heavy atom. The van der Waals surface area contributed by atoms with Crippen molar-refractivity contribution in [2.24, 2.45) is 0 Å². The van der Waals surface area contributed by atoms with Gasteiger partial charge in [0.15, 0.2) is 0 Å². The minimum Gasteiger partial charge on any atom is -0.321 e. The van der Waals surface area contributed by atoms with Crippen LogP contribution in [-0.2, 0) is 0 Å². The first-order valence-electron chi connectivity index (χ1n) is 5.84. The van der Waals surface area contributed by atoms with Crippen LogP contribution in [0.25, 0.3) is 0 Å². The van der Waals surface area contributed by atoms with Gasteiger partial charge in [-0.3, -0.25) is 4.79 Å². The first-order chi connectivity index (χ1) is 9.52. The number of benzene rings is 1. The summed E-state index contributed by atoms with van der Waals surface area (Å²) in [5.74, 6) is -1.13. The number of aromatic nitrogens is 2. The lowest BCUT2D eigenvalue weighted by atomic mass is 10.1. The molecular formula is C14H11FN4O. The van der Waals surface area contributed by atoms with Gasteiger partial charge in [0.05, 0.1) is 22.6 Å². The third kappa shape index (κ3) is 2.62. The van der Waals surface area contributed by atoms with Crippen LogP contribution in [0.5, 0.6) is 0 Å². The largest absolute Gasteiger partial charge is 0.321 e. The summed E-state index contributed by atoms with van der Waals surface area (Å²) in [7, 11) is 0. The Hall–Kier alpha value is -2.81. The number of anilines is 1. The molecule has 0 saturated carbocycles. The topological polar surface area (TPSA) is 78.7 Å². The van der Waals surface area contributed by atoms with E-state index in [2.05, 4.69) is 15.5 Å². The molecule has 0 atom stereocenters. The average molecular weight is 270 g/mol. The van der Waals surface area contributed by atoms with Crippen molar-refractivity contribution in [3.63, 3.8) is 0 Å². The zero-order valence-corrected chi connectivity index (χ0v) is 10.9. The fraction of sp³-hybridized carbons (Fsp3) is 0.143. The van der Waals surface area contributed by atoms with Crippen molar-refractivity contribution in [2.45, 2.75) is 13.8 Å². The minimum atomic E-state index is -0.675. The Kier molecular flexibility index (Phi) is 3.71. The molecule has 0 aliphatic heterocycles. The third-order valence-corrected chi connectivity index (χ3v) is 2.72. The van der Waals surface area contributed by atoms with Crippen molar-refractivity contribution in [1.82, 2.24) is 10.2 Å². The van der Waals surface area contributed by atoms with Crippen LogP contribution in [0.3, 0.4) is 0 Å². The molecule has 1 aromatic carbocycles. The van der Waals surface area contributed by atoms with E-state index in [0.29, 0.717) is 17.0 Å². The summed E-state index contributed by atoms with van der Waals surface area (Å²) in [6.45, 7) is 3.37. The Morgan fingerprint density at radius 2 is 2.10 bits per heavy atom. The molecule has 0 bridgehead atoms. The maximum Gasteiger partial charge on any atom is 0.257 e. The van der Waals surface area contributed by atoms with Crippen LogP contribution in [0.2, 0.25) is 0 Å². The normalized spacial score (nSPS) is 9.90. The van der Waals surface area contributed by atoms with E-state index in [4.69, 9.17) is 5.26 Å². The summed E-state index contributed by atoms with van der Waals surface area (Å²) >= 11 is 0. The number of nitrogens with zero attached hydrogens (tertiary/aromatic N) is 3. The Bertz CT molecular complexity index is 722. The Morgan fingerprint density at radius 3 is 2.80 bits per heavy atom. The van der Waals surface area contributed by atoms with Gasteiger partial charge in [-0.25, -0.2) is 4.39 Å². The van der Waals surface area contributed by atoms with E-state index in [0.717, 1.165) is 6.07 Å². The predicted octanol–water partition coefficient (Wildman–Crippen LogP) is 2.36. The van der Waals surface area contributed by atoms with Gasteiger partial charge in [0.2, 0.25) is 0 Å². The second kappa shape index (κ2) is 5.45. The molecular weight excluding hydrogens is 259 g/mol. The minimum absolute atomic E-state index is 0.131. The molecule has 0 radical (unpaired) electrons. The molecule has 1 heterocycles. The van der Waals surface area contributed by atoms with Gasteiger partial charge < -0.3 is 5.32 Å². The quantitative estimate of drug-likeness (QED) is 0.908. The van der Waals surface area contributed by atoms with E-state index in [1.807, 2.05) is 0 Å². The summed E-state index contributed by atoms with van der Waals surface area (Å²) in [5.41, 5.74) is 1.33. The van der Waals surface area contributed by atoms with Crippen LogP contribution in [0, 0.1) is 31.0 Å². The summed E-state index contributed by atoms with van der Waals surface area (Å²) in [4.78, 5) is 12.2. The van der Waals surface area contributed by atoms with Crippen LogP contribution in [0.15, 0.2) is 24.3 Å². The van der Waals surface area contributed by atoms with E-state index < -0.39 is 11.7 Å². The molecule has 2 aromatic rings. The smallest absolute Gasteiger partial charge is 0.257 e. The Labute approximate surface area is 115 Å². The summed E-state index contributed by atoms with van der Waals surface area (Å²) in [6, 6.07) is 7.37. The molecule has 0 aliphatic rings. The van der Waals surface area contributed by atoms with Crippen LogP contribution in [0.4, 0.5) is 10.1 Å². The number of carbonyl (C=O) groups excluding carboxylic acids is 1. The molecule has 0 spiro atoms. The highest BCUT2D eigenvalue weighted by Gasteiger charge is 2.15. The van der Waals surface area contributed by atoms with Crippen molar-refractivity contribution in [3.8, 4) is 6.07 Å². The maximum absolute atomic E-state index is 13.5. The molecule has 0 saturated heterocycles. The van der Waals surface area contributed by atoms with Gasteiger partial charge in [-0.15, -0.1) is 0 Å². The fourth-order valence-corrected chi connectivity index (χ4v) is 1.71. The van der Waals surface area contributed by atoms with Crippen molar-refractivity contribution < 1.29 is 9.18 Å². The number of amides is 1. The van der Waals surface area contributed by atoms with E-state index in [9.17, 15) is 9.18 Å². The number of nitriles is 1. The molecule has 1 aromatic heterocycles. The lowest BCUT2D eigenvalue weighted by Gasteiger charge is -2.09. The summed E-state index contributed by atoms with van der Waals surface area (Å²) in [5, 5.41) is 19.1. The molecule has 0 unspecified atom stereocenters. The molecule has 20 heavy (non-hydrogen) atoms. The van der Waals surface area contributed by atoms with Crippen molar-refractivity contribution in [2.75, 3.05) is 5.32 Å². The molecule has 1 N–H and O–H groups in total. The predicted molar refractivity (Wildman–Crippen MR) is 70.6 cm³/mol. The molecule has 0 fully saturated rings. The third-order valence-electron chi connectivity index (χ3n) is 2.72. The van der Waals surface area contributed by atoms with Gasteiger partial charge in [0.25, 0.3) is 5.91 Å². The van der Waals surface area contributed by atoms with Crippen LogP contribution >= 0.6 is 0 Å². The lowest BCUT2D eigenvalue weighted by molar-refractivity contribution is 0.102. The molecule has 0 aliphatic carbocycles. The number of carbonyl (C=O) groups is 1. The van der Waals surface area contributed by atoms with Crippen LogP contribution in [0.1, 0.15) is 27.3 Å². The lowest BCUT2D eigenvalue weighted by Crippen LogP contribution is -2.16. The van der Waals surface area contributed by atoms with Crippen molar-refractivity contribution >= 4 is 11.6 Å². The number of nitrogens with one attached hydrogen (secondary N) is 1. The molecule has 1 amide bonds.